The molecule has 1 aromatic rings. The molecule has 1 fully saturated rings. The van der Waals surface area contributed by atoms with Gasteiger partial charge in [0, 0.05) is 18.2 Å². The Morgan fingerprint density at radius 3 is 2.70 bits per heavy atom. The van der Waals surface area contributed by atoms with Gasteiger partial charge in [0.1, 0.15) is 0 Å². The summed E-state index contributed by atoms with van der Waals surface area (Å²) in [6, 6.07) is 6.59. The maximum atomic E-state index is 12.2. The standard InChI is InChI=1S/C15H20N2O3/c1-10(18)16-12-6-4-5-11(9-12)15(20)17-13-7-2-3-8-14(13)19/h4-6,9,13-14,19H,2-3,7-8H2,1H3,(H,16,18)(H,17,20). The number of carbonyl (C=O) groups is 2. The first-order chi connectivity index (χ1) is 9.56. The van der Waals surface area contributed by atoms with Gasteiger partial charge in [-0.1, -0.05) is 18.9 Å². The van der Waals surface area contributed by atoms with Crippen LogP contribution in [0.3, 0.4) is 0 Å². The van der Waals surface area contributed by atoms with Crippen LogP contribution in [0, 0.1) is 0 Å². The fourth-order valence-corrected chi connectivity index (χ4v) is 2.47. The summed E-state index contributed by atoms with van der Waals surface area (Å²) in [5.74, 6) is -0.395. The van der Waals surface area contributed by atoms with Crippen LogP contribution in [0.2, 0.25) is 0 Å². The zero-order chi connectivity index (χ0) is 14.5. The van der Waals surface area contributed by atoms with Gasteiger partial charge in [-0.05, 0) is 31.0 Å². The Kier molecular flexibility index (Phi) is 4.74. The van der Waals surface area contributed by atoms with Crippen molar-refractivity contribution in [2.24, 2.45) is 0 Å². The van der Waals surface area contributed by atoms with Crippen LogP contribution in [0.5, 0.6) is 0 Å². The predicted octanol–water partition coefficient (Wildman–Crippen LogP) is 1.68. The second-order valence-electron chi connectivity index (χ2n) is 5.19. The molecule has 3 N–H and O–H groups in total. The van der Waals surface area contributed by atoms with Crippen molar-refractivity contribution in [3.8, 4) is 0 Å². The lowest BCUT2D eigenvalue weighted by atomic mass is 9.92. The van der Waals surface area contributed by atoms with Crippen LogP contribution in [0.25, 0.3) is 0 Å². The maximum Gasteiger partial charge on any atom is 0.251 e. The van der Waals surface area contributed by atoms with Gasteiger partial charge in [-0.2, -0.15) is 0 Å². The van der Waals surface area contributed by atoms with Gasteiger partial charge in [0.05, 0.1) is 12.1 Å². The van der Waals surface area contributed by atoms with Crippen molar-refractivity contribution in [3.63, 3.8) is 0 Å². The lowest BCUT2D eigenvalue weighted by molar-refractivity contribution is -0.114. The summed E-state index contributed by atoms with van der Waals surface area (Å²) >= 11 is 0. The highest BCUT2D eigenvalue weighted by molar-refractivity contribution is 5.96. The molecule has 0 radical (unpaired) electrons. The van der Waals surface area contributed by atoms with Crippen LogP contribution in [-0.2, 0) is 4.79 Å². The number of hydrogen-bond acceptors (Lipinski definition) is 3. The summed E-state index contributed by atoms with van der Waals surface area (Å²) in [7, 11) is 0. The number of hydrogen-bond donors (Lipinski definition) is 3. The number of aliphatic hydroxyl groups excluding tert-OH is 1. The minimum atomic E-state index is -0.466. The Labute approximate surface area is 118 Å². The number of amides is 2. The molecule has 2 rings (SSSR count). The first-order valence-electron chi connectivity index (χ1n) is 6.93. The lowest BCUT2D eigenvalue weighted by Gasteiger charge is -2.28. The highest BCUT2D eigenvalue weighted by Gasteiger charge is 2.24. The molecule has 1 aromatic carbocycles. The Bertz CT molecular complexity index is 502. The lowest BCUT2D eigenvalue weighted by Crippen LogP contribution is -2.45. The van der Waals surface area contributed by atoms with Gasteiger partial charge in [0.2, 0.25) is 5.91 Å². The molecule has 0 aliphatic heterocycles. The smallest absolute Gasteiger partial charge is 0.251 e. The van der Waals surface area contributed by atoms with Gasteiger partial charge < -0.3 is 15.7 Å². The van der Waals surface area contributed by atoms with Crippen molar-refractivity contribution in [1.29, 1.82) is 0 Å². The molecule has 20 heavy (non-hydrogen) atoms. The molecule has 2 atom stereocenters. The van der Waals surface area contributed by atoms with E-state index in [0.717, 1.165) is 25.7 Å². The van der Waals surface area contributed by atoms with Gasteiger partial charge >= 0.3 is 0 Å². The first-order valence-corrected chi connectivity index (χ1v) is 6.93. The van der Waals surface area contributed by atoms with Gasteiger partial charge in [-0.3, -0.25) is 9.59 Å². The quantitative estimate of drug-likeness (QED) is 0.786. The Morgan fingerprint density at radius 2 is 2.00 bits per heavy atom. The highest BCUT2D eigenvalue weighted by atomic mass is 16.3. The van der Waals surface area contributed by atoms with E-state index < -0.39 is 6.10 Å². The van der Waals surface area contributed by atoms with Gasteiger partial charge in [-0.15, -0.1) is 0 Å². The first kappa shape index (κ1) is 14.5. The van der Waals surface area contributed by atoms with E-state index in [1.807, 2.05) is 0 Å². The number of carbonyl (C=O) groups excluding carboxylic acids is 2. The molecule has 1 aliphatic carbocycles. The SMILES string of the molecule is CC(=O)Nc1cccc(C(=O)NC2CCCCC2O)c1. The van der Waals surface area contributed by atoms with Gasteiger partial charge in [0.25, 0.3) is 5.91 Å². The molecule has 2 unspecified atom stereocenters. The normalized spacial score (nSPS) is 22.1. The summed E-state index contributed by atoms with van der Waals surface area (Å²) in [4.78, 5) is 23.2. The summed E-state index contributed by atoms with van der Waals surface area (Å²) in [5.41, 5.74) is 1.07. The molecule has 1 aliphatic rings. The Balaban J connectivity index is 2.03. The highest BCUT2D eigenvalue weighted by Crippen LogP contribution is 2.19. The van der Waals surface area contributed by atoms with Crippen LogP contribution in [0.15, 0.2) is 24.3 Å². The average Bonchev–Trinajstić information content (AvgIpc) is 2.41. The maximum absolute atomic E-state index is 12.2. The minimum absolute atomic E-state index is 0.176. The molecule has 108 valence electrons. The van der Waals surface area contributed by atoms with Gasteiger partial charge in [0.15, 0.2) is 0 Å². The summed E-state index contributed by atoms with van der Waals surface area (Å²) in [5, 5.41) is 15.4. The molecule has 5 nitrogen and oxygen atoms in total. The van der Waals surface area contributed by atoms with E-state index in [4.69, 9.17) is 0 Å². The Morgan fingerprint density at radius 1 is 1.25 bits per heavy atom. The summed E-state index contributed by atoms with van der Waals surface area (Å²) < 4.78 is 0. The van der Waals surface area contributed by atoms with E-state index in [1.165, 1.54) is 6.92 Å². The van der Waals surface area contributed by atoms with E-state index >= 15 is 0 Å². The topological polar surface area (TPSA) is 78.4 Å². The monoisotopic (exact) mass is 276 g/mol. The molecule has 0 heterocycles. The zero-order valence-electron chi connectivity index (χ0n) is 11.6. The van der Waals surface area contributed by atoms with Crippen molar-refractivity contribution < 1.29 is 14.7 Å². The zero-order valence-corrected chi connectivity index (χ0v) is 11.6. The second kappa shape index (κ2) is 6.52. The van der Waals surface area contributed by atoms with E-state index in [9.17, 15) is 14.7 Å². The van der Waals surface area contributed by atoms with Crippen LogP contribution >= 0.6 is 0 Å². The molecule has 0 bridgehead atoms. The summed E-state index contributed by atoms with van der Waals surface area (Å²) in [6.45, 7) is 1.42. The minimum Gasteiger partial charge on any atom is -0.391 e. The summed E-state index contributed by atoms with van der Waals surface area (Å²) in [6.07, 6.45) is 3.10. The fourth-order valence-electron chi connectivity index (χ4n) is 2.47. The molecular weight excluding hydrogens is 256 g/mol. The number of rotatable bonds is 3. The van der Waals surface area contributed by atoms with Crippen molar-refractivity contribution in [2.45, 2.75) is 44.8 Å². The molecule has 5 heteroatoms. The van der Waals surface area contributed by atoms with Crippen LogP contribution < -0.4 is 10.6 Å². The van der Waals surface area contributed by atoms with Crippen molar-refractivity contribution in [2.75, 3.05) is 5.32 Å². The molecular formula is C15H20N2O3. The van der Waals surface area contributed by atoms with Crippen molar-refractivity contribution >= 4 is 17.5 Å². The van der Waals surface area contributed by atoms with Crippen LogP contribution in [0.1, 0.15) is 43.0 Å². The van der Waals surface area contributed by atoms with E-state index in [0.29, 0.717) is 11.3 Å². The molecule has 2 amide bonds. The third-order valence-electron chi connectivity index (χ3n) is 3.49. The van der Waals surface area contributed by atoms with E-state index in [1.54, 1.807) is 24.3 Å². The molecule has 1 saturated carbocycles. The number of nitrogens with one attached hydrogen (secondary N) is 2. The predicted molar refractivity (Wildman–Crippen MR) is 76.5 cm³/mol. The number of aliphatic hydroxyl groups is 1. The molecule has 0 saturated heterocycles. The third kappa shape index (κ3) is 3.81. The number of anilines is 1. The van der Waals surface area contributed by atoms with Gasteiger partial charge in [-0.25, -0.2) is 0 Å². The molecule has 0 spiro atoms. The third-order valence-corrected chi connectivity index (χ3v) is 3.49. The Hall–Kier alpha value is -1.88. The fraction of sp³-hybridized carbons (Fsp3) is 0.467. The van der Waals surface area contributed by atoms with E-state index in [2.05, 4.69) is 10.6 Å². The van der Waals surface area contributed by atoms with Crippen molar-refractivity contribution in [3.05, 3.63) is 29.8 Å². The van der Waals surface area contributed by atoms with Crippen LogP contribution in [0.4, 0.5) is 5.69 Å². The van der Waals surface area contributed by atoms with E-state index in [-0.39, 0.29) is 17.9 Å². The second-order valence-corrected chi connectivity index (χ2v) is 5.19. The van der Waals surface area contributed by atoms with Crippen LogP contribution in [-0.4, -0.2) is 29.1 Å². The van der Waals surface area contributed by atoms with Crippen molar-refractivity contribution in [1.82, 2.24) is 5.32 Å². The molecule has 0 aromatic heterocycles. The largest absolute Gasteiger partial charge is 0.391 e. The number of benzene rings is 1. The average molecular weight is 276 g/mol.